The van der Waals surface area contributed by atoms with Crippen molar-refractivity contribution >= 4 is 30.5 Å². The normalized spacial score (nSPS) is 10.9. The fraction of sp³-hybridized carbons (Fsp3) is 0.231. The van der Waals surface area contributed by atoms with Crippen molar-refractivity contribution in [3.05, 3.63) is 34.3 Å². The van der Waals surface area contributed by atoms with Crippen LogP contribution in [0.4, 0.5) is 8.78 Å². The van der Waals surface area contributed by atoms with Gasteiger partial charge >= 0.3 is 12.6 Å². The smallest absolute Gasteiger partial charge is 0.388 e. The summed E-state index contributed by atoms with van der Waals surface area (Å²) in [6.07, 6.45) is 0. The Labute approximate surface area is 135 Å². The summed E-state index contributed by atoms with van der Waals surface area (Å²) in [4.78, 5) is 11.6. The summed E-state index contributed by atoms with van der Waals surface area (Å²) in [5.74, 6) is -0.827. The van der Waals surface area contributed by atoms with Crippen LogP contribution in [0.25, 0.3) is 11.3 Å². The second-order valence-corrected chi connectivity index (χ2v) is 4.99. The van der Waals surface area contributed by atoms with Crippen LogP contribution in [0.5, 0.6) is 5.88 Å². The first-order valence-corrected chi connectivity index (χ1v) is 6.73. The maximum Gasteiger partial charge on any atom is 0.388 e. The van der Waals surface area contributed by atoms with Gasteiger partial charge in [0.25, 0.3) is 0 Å². The van der Waals surface area contributed by atoms with Gasteiger partial charge in [-0.3, -0.25) is 0 Å². The minimum absolute atomic E-state index is 0.0965. The number of nitrogens with zero attached hydrogens (tertiary/aromatic N) is 2. The minimum atomic E-state index is -2.95. The number of halogens is 3. The average Bonchev–Trinajstić information content (AvgIpc) is 2.78. The van der Waals surface area contributed by atoms with Crippen molar-refractivity contribution in [2.45, 2.75) is 13.5 Å². The highest BCUT2D eigenvalue weighted by Gasteiger charge is 2.18. The lowest BCUT2D eigenvalue weighted by atomic mass is 10.0. The molecule has 118 valence electrons. The van der Waals surface area contributed by atoms with Gasteiger partial charge in [-0.2, -0.15) is 13.9 Å². The minimum Gasteiger partial charge on any atom is -0.417 e. The van der Waals surface area contributed by atoms with Crippen LogP contribution in [0.2, 0.25) is 5.02 Å². The zero-order valence-electron chi connectivity index (χ0n) is 11.5. The molecule has 0 bridgehead atoms. The maximum absolute atomic E-state index is 12.3. The number of alkyl halides is 2. The van der Waals surface area contributed by atoms with Crippen LogP contribution in [0.15, 0.2) is 18.2 Å². The zero-order chi connectivity index (χ0) is 16.4. The molecule has 0 amide bonds. The van der Waals surface area contributed by atoms with Crippen LogP contribution in [0, 0.1) is 6.92 Å². The third-order valence-electron chi connectivity index (χ3n) is 2.94. The number of carbonyl (C=O) groups is 1. The van der Waals surface area contributed by atoms with E-state index in [1.165, 1.54) is 23.9 Å². The van der Waals surface area contributed by atoms with Gasteiger partial charge in [-0.05, 0) is 24.6 Å². The summed E-state index contributed by atoms with van der Waals surface area (Å²) in [5.41, 5.74) is 1.71. The highest BCUT2D eigenvalue weighted by Crippen LogP contribution is 2.31. The first kappa shape index (κ1) is 16.6. The Bertz CT molecular complexity index is 722. The van der Waals surface area contributed by atoms with E-state index in [1.807, 2.05) is 0 Å². The van der Waals surface area contributed by atoms with E-state index in [9.17, 15) is 13.6 Å². The number of hydrogen-bond donors (Lipinski definition) is 1. The van der Waals surface area contributed by atoms with Crippen molar-refractivity contribution in [1.82, 2.24) is 9.78 Å². The molecule has 22 heavy (non-hydrogen) atoms. The van der Waals surface area contributed by atoms with Crippen molar-refractivity contribution < 1.29 is 22.5 Å². The Balaban J connectivity index is 2.50. The quantitative estimate of drug-likeness (QED) is 0.677. The lowest BCUT2D eigenvalue weighted by Crippen LogP contribution is -2.05. The van der Waals surface area contributed by atoms with Gasteiger partial charge < -0.3 is 8.92 Å². The topological polar surface area (TPSA) is 53.4 Å². The van der Waals surface area contributed by atoms with E-state index in [4.69, 9.17) is 11.6 Å². The van der Waals surface area contributed by atoms with E-state index in [1.54, 1.807) is 13.0 Å². The average molecular weight is 349 g/mol. The summed E-state index contributed by atoms with van der Waals surface area (Å²) in [6, 6.07) is 4.36. The number of aromatic nitrogens is 2. The van der Waals surface area contributed by atoms with Gasteiger partial charge in [0.1, 0.15) is 0 Å². The van der Waals surface area contributed by atoms with Crippen LogP contribution in [-0.2, 0) is 11.2 Å². The molecule has 0 N–H and O–H groups in total. The molecule has 0 saturated heterocycles. The Kier molecular flexibility index (Phi) is 4.92. The lowest BCUT2D eigenvalue weighted by Gasteiger charge is -2.07. The SMILES string of the molecule is Cc1cc(Cl)c(C(=O)OS)cc1-c1cc(OC(F)F)n(C)n1. The highest BCUT2D eigenvalue weighted by molar-refractivity contribution is 7.75. The summed E-state index contributed by atoms with van der Waals surface area (Å²) in [5, 5.41) is 4.29. The second kappa shape index (κ2) is 6.53. The largest absolute Gasteiger partial charge is 0.417 e. The van der Waals surface area contributed by atoms with Gasteiger partial charge in [-0.25, -0.2) is 9.48 Å². The molecule has 0 fully saturated rings. The van der Waals surface area contributed by atoms with Crippen LogP contribution in [0.1, 0.15) is 15.9 Å². The third kappa shape index (κ3) is 3.33. The predicted octanol–water partition coefficient (Wildman–Crippen LogP) is 3.65. The molecule has 0 aliphatic carbocycles. The van der Waals surface area contributed by atoms with Gasteiger partial charge in [-0.1, -0.05) is 11.6 Å². The molecule has 1 aromatic carbocycles. The third-order valence-corrected chi connectivity index (χ3v) is 3.42. The Morgan fingerprint density at radius 3 is 2.68 bits per heavy atom. The van der Waals surface area contributed by atoms with Gasteiger partial charge in [0.15, 0.2) is 0 Å². The van der Waals surface area contributed by atoms with Crippen LogP contribution < -0.4 is 4.74 Å². The Morgan fingerprint density at radius 2 is 2.09 bits per heavy atom. The Hall–Kier alpha value is -1.80. The highest BCUT2D eigenvalue weighted by atomic mass is 35.5. The van der Waals surface area contributed by atoms with E-state index < -0.39 is 12.6 Å². The van der Waals surface area contributed by atoms with Crippen molar-refractivity contribution in [3.63, 3.8) is 0 Å². The fourth-order valence-electron chi connectivity index (χ4n) is 1.94. The monoisotopic (exact) mass is 348 g/mol. The van der Waals surface area contributed by atoms with Gasteiger partial charge in [-0.15, -0.1) is 0 Å². The molecule has 1 heterocycles. The number of ether oxygens (including phenoxy) is 1. The molecular formula is C13H11ClF2N2O3S. The molecule has 9 heteroatoms. The molecule has 0 radical (unpaired) electrons. The van der Waals surface area contributed by atoms with Crippen molar-refractivity contribution in [2.75, 3.05) is 0 Å². The van der Waals surface area contributed by atoms with E-state index in [0.717, 1.165) is 0 Å². The van der Waals surface area contributed by atoms with Gasteiger partial charge in [0, 0.05) is 31.6 Å². The molecule has 2 rings (SSSR count). The molecule has 1 aromatic heterocycles. The zero-order valence-corrected chi connectivity index (χ0v) is 13.2. The predicted molar refractivity (Wildman–Crippen MR) is 79.4 cm³/mol. The van der Waals surface area contributed by atoms with Crippen LogP contribution in [0.3, 0.4) is 0 Å². The molecule has 0 unspecified atom stereocenters. The standard InChI is InChI=1S/C13H11ClF2N2O3S/c1-6-3-9(14)8(12(19)21-22)4-7(6)10-5-11(18(2)17-10)20-13(15)16/h3-5,13,22H,1-2H3. The molecule has 0 spiro atoms. The van der Waals surface area contributed by atoms with E-state index in [2.05, 4.69) is 26.9 Å². The van der Waals surface area contributed by atoms with E-state index in [0.29, 0.717) is 16.8 Å². The van der Waals surface area contributed by atoms with E-state index in [-0.39, 0.29) is 16.5 Å². The number of benzene rings is 1. The van der Waals surface area contributed by atoms with Crippen molar-refractivity contribution in [3.8, 4) is 17.1 Å². The lowest BCUT2D eigenvalue weighted by molar-refractivity contribution is -0.0553. The molecule has 0 aliphatic rings. The molecule has 0 aliphatic heterocycles. The number of aryl methyl sites for hydroxylation is 2. The summed E-state index contributed by atoms with van der Waals surface area (Å²) in [7, 11) is 1.47. The summed E-state index contributed by atoms with van der Waals surface area (Å²) >= 11 is 9.43. The number of thiol groups is 1. The number of hydrogen-bond acceptors (Lipinski definition) is 5. The fourth-order valence-corrected chi connectivity index (χ4v) is 2.33. The first-order valence-electron chi connectivity index (χ1n) is 5.98. The summed E-state index contributed by atoms with van der Waals surface area (Å²) in [6.45, 7) is -1.21. The molecule has 0 atom stereocenters. The second-order valence-electron chi connectivity index (χ2n) is 4.40. The van der Waals surface area contributed by atoms with Crippen LogP contribution >= 0.6 is 24.5 Å². The van der Waals surface area contributed by atoms with E-state index >= 15 is 0 Å². The maximum atomic E-state index is 12.3. The van der Waals surface area contributed by atoms with Crippen molar-refractivity contribution in [1.29, 1.82) is 0 Å². The van der Waals surface area contributed by atoms with Gasteiger partial charge in [0.05, 0.1) is 16.3 Å². The number of rotatable bonds is 4. The molecule has 5 nitrogen and oxygen atoms in total. The first-order chi connectivity index (χ1) is 10.3. The summed E-state index contributed by atoms with van der Waals surface area (Å²) < 4.78 is 34.5. The molecule has 0 saturated carbocycles. The van der Waals surface area contributed by atoms with Crippen molar-refractivity contribution in [2.24, 2.45) is 7.05 Å². The molecule has 2 aromatic rings. The number of carbonyl (C=O) groups excluding carboxylic acids is 1. The molecular weight excluding hydrogens is 338 g/mol. The van der Waals surface area contributed by atoms with Crippen LogP contribution in [-0.4, -0.2) is 22.4 Å². The Morgan fingerprint density at radius 1 is 1.41 bits per heavy atom. The van der Waals surface area contributed by atoms with Gasteiger partial charge in [0.2, 0.25) is 5.88 Å².